The second kappa shape index (κ2) is 7.52. The fraction of sp³-hybridized carbons (Fsp3) is 0.188. The molecule has 1 aliphatic heterocycles. The summed E-state index contributed by atoms with van der Waals surface area (Å²) in [5.74, 6) is -0.393. The molecule has 0 radical (unpaired) electrons. The number of rotatable bonds is 5. The van der Waals surface area contributed by atoms with E-state index in [-0.39, 0.29) is 17.2 Å². The zero-order chi connectivity index (χ0) is 17.0. The first-order chi connectivity index (χ1) is 11.0. The van der Waals surface area contributed by atoms with E-state index in [9.17, 15) is 9.59 Å². The predicted octanol–water partition coefficient (Wildman–Crippen LogP) is 2.66. The van der Waals surface area contributed by atoms with Gasteiger partial charge in [-0.15, -0.1) is 6.58 Å². The van der Waals surface area contributed by atoms with E-state index in [1.54, 1.807) is 18.2 Å². The normalized spacial score (nSPS) is 16.5. The van der Waals surface area contributed by atoms with E-state index in [2.05, 4.69) is 27.8 Å². The highest BCUT2D eigenvalue weighted by atomic mass is 79.9. The summed E-state index contributed by atoms with van der Waals surface area (Å²) in [7, 11) is 0. The maximum Gasteiger partial charge on any atom is 0.265 e. The van der Waals surface area contributed by atoms with Crippen LogP contribution in [0.5, 0.6) is 5.75 Å². The Kier molecular flexibility index (Phi) is 5.68. The van der Waals surface area contributed by atoms with Crippen LogP contribution in [0, 0.1) is 0 Å². The van der Waals surface area contributed by atoms with Crippen LogP contribution < -0.4 is 10.1 Å². The highest BCUT2D eigenvalue weighted by Gasteiger charge is 2.32. The second-order valence-electron chi connectivity index (χ2n) is 4.64. The van der Waals surface area contributed by atoms with Crippen LogP contribution in [0.3, 0.4) is 0 Å². The van der Waals surface area contributed by atoms with Gasteiger partial charge in [-0.3, -0.25) is 19.8 Å². The van der Waals surface area contributed by atoms with E-state index < -0.39 is 11.8 Å². The fourth-order valence-corrected chi connectivity index (χ4v) is 2.69. The van der Waals surface area contributed by atoms with Crippen molar-refractivity contribution in [2.75, 3.05) is 13.2 Å². The van der Waals surface area contributed by atoms with Gasteiger partial charge in [0.2, 0.25) is 0 Å². The van der Waals surface area contributed by atoms with Crippen LogP contribution in [0.15, 0.2) is 40.9 Å². The summed E-state index contributed by atoms with van der Waals surface area (Å²) < 4.78 is 6.35. The lowest BCUT2D eigenvalue weighted by molar-refractivity contribution is -0.128. The molecular formula is C16H15BrN2O3S. The van der Waals surface area contributed by atoms with Gasteiger partial charge in [-0.1, -0.05) is 22.0 Å². The minimum atomic E-state index is -0.525. The highest BCUT2D eigenvalue weighted by molar-refractivity contribution is 9.10. The molecule has 120 valence electrons. The zero-order valence-electron chi connectivity index (χ0n) is 12.5. The SMILES string of the molecule is C=CCN1C(=O)/C(=C/c2cc(Br)ccc2OCC)C(=O)NC1=S. The first kappa shape index (κ1) is 17.4. The van der Waals surface area contributed by atoms with E-state index in [0.29, 0.717) is 17.9 Å². The van der Waals surface area contributed by atoms with Gasteiger partial charge in [0.05, 0.1) is 6.61 Å². The summed E-state index contributed by atoms with van der Waals surface area (Å²) in [6, 6.07) is 5.38. The Morgan fingerprint density at radius 1 is 1.43 bits per heavy atom. The van der Waals surface area contributed by atoms with Gasteiger partial charge in [-0.05, 0) is 43.4 Å². The maximum absolute atomic E-state index is 12.5. The van der Waals surface area contributed by atoms with Gasteiger partial charge in [0.1, 0.15) is 11.3 Å². The Hall–Kier alpha value is -1.99. The van der Waals surface area contributed by atoms with Crippen LogP contribution in [0.4, 0.5) is 0 Å². The molecule has 0 atom stereocenters. The number of nitrogens with zero attached hydrogens (tertiary/aromatic N) is 1. The average Bonchev–Trinajstić information content (AvgIpc) is 2.50. The second-order valence-corrected chi connectivity index (χ2v) is 5.94. The largest absolute Gasteiger partial charge is 0.493 e. The van der Waals surface area contributed by atoms with Gasteiger partial charge in [-0.2, -0.15) is 0 Å². The van der Waals surface area contributed by atoms with Crippen molar-refractivity contribution in [3.05, 3.63) is 46.5 Å². The number of hydrogen-bond donors (Lipinski definition) is 1. The molecule has 1 N–H and O–H groups in total. The summed E-state index contributed by atoms with van der Waals surface area (Å²) >= 11 is 8.39. The quantitative estimate of drug-likeness (QED) is 0.361. The molecule has 2 amide bonds. The summed E-state index contributed by atoms with van der Waals surface area (Å²) in [6.45, 7) is 6.16. The van der Waals surface area contributed by atoms with Gasteiger partial charge >= 0.3 is 0 Å². The molecule has 1 aliphatic rings. The molecule has 0 aromatic heterocycles. The lowest BCUT2D eigenvalue weighted by atomic mass is 10.1. The number of benzene rings is 1. The summed E-state index contributed by atoms with van der Waals surface area (Å²) in [5.41, 5.74) is 0.630. The molecule has 0 bridgehead atoms. The van der Waals surface area contributed by atoms with Gasteiger partial charge in [0, 0.05) is 16.6 Å². The molecule has 5 nitrogen and oxygen atoms in total. The van der Waals surface area contributed by atoms with Crippen molar-refractivity contribution in [1.82, 2.24) is 10.2 Å². The minimum absolute atomic E-state index is 0.000460. The first-order valence-corrected chi connectivity index (χ1v) is 8.10. The standard InChI is InChI=1S/C16H15BrN2O3S/c1-3-7-19-15(21)12(14(20)18-16(19)23)9-10-8-11(17)5-6-13(10)22-4-2/h3,5-6,8-9H,1,4,7H2,2H3,(H,18,20,23)/b12-9+. The molecule has 2 rings (SSSR count). The monoisotopic (exact) mass is 394 g/mol. The van der Waals surface area contributed by atoms with E-state index in [0.717, 1.165) is 4.47 Å². The Bertz CT molecular complexity index is 715. The molecule has 1 aromatic rings. The van der Waals surface area contributed by atoms with Crippen LogP contribution in [-0.2, 0) is 9.59 Å². The Labute approximate surface area is 148 Å². The van der Waals surface area contributed by atoms with Gasteiger partial charge < -0.3 is 4.74 Å². The molecule has 0 saturated carbocycles. The average molecular weight is 395 g/mol. The van der Waals surface area contributed by atoms with Crippen molar-refractivity contribution in [3.63, 3.8) is 0 Å². The number of carbonyl (C=O) groups is 2. The number of amides is 2. The van der Waals surface area contributed by atoms with Crippen LogP contribution in [-0.4, -0.2) is 35.0 Å². The zero-order valence-corrected chi connectivity index (χ0v) is 14.9. The molecule has 0 spiro atoms. The van der Waals surface area contributed by atoms with Gasteiger partial charge in [0.15, 0.2) is 5.11 Å². The molecule has 0 unspecified atom stereocenters. The van der Waals surface area contributed by atoms with Crippen molar-refractivity contribution in [1.29, 1.82) is 0 Å². The van der Waals surface area contributed by atoms with Gasteiger partial charge in [0.25, 0.3) is 11.8 Å². The summed E-state index contributed by atoms with van der Waals surface area (Å²) in [5, 5.41) is 2.59. The molecule has 7 heteroatoms. The van der Waals surface area contributed by atoms with Crippen molar-refractivity contribution < 1.29 is 14.3 Å². The molecule has 23 heavy (non-hydrogen) atoms. The third-order valence-electron chi connectivity index (χ3n) is 3.07. The summed E-state index contributed by atoms with van der Waals surface area (Å²) in [6.07, 6.45) is 3.05. The number of carbonyl (C=O) groups excluding carboxylic acids is 2. The van der Waals surface area contributed by atoms with E-state index >= 15 is 0 Å². The van der Waals surface area contributed by atoms with E-state index in [4.69, 9.17) is 17.0 Å². The topological polar surface area (TPSA) is 58.6 Å². The maximum atomic E-state index is 12.5. The third kappa shape index (κ3) is 3.86. The van der Waals surface area contributed by atoms with Crippen molar-refractivity contribution in [2.24, 2.45) is 0 Å². The Morgan fingerprint density at radius 3 is 2.83 bits per heavy atom. The smallest absolute Gasteiger partial charge is 0.265 e. The lowest BCUT2D eigenvalue weighted by Crippen LogP contribution is -2.53. The third-order valence-corrected chi connectivity index (χ3v) is 3.88. The van der Waals surface area contributed by atoms with Crippen LogP contribution in [0.1, 0.15) is 12.5 Å². The molecule has 1 saturated heterocycles. The van der Waals surface area contributed by atoms with Crippen LogP contribution in [0.2, 0.25) is 0 Å². The number of thiocarbonyl (C=S) groups is 1. The summed E-state index contributed by atoms with van der Waals surface area (Å²) in [4.78, 5) is 25.9. The number of hydrogen-bond acceptors (Lipinski definition) is 4. The molecule has 1 heterocycles. The van der Waals surface area contributed by atoms with Crippen LogP contribution in [0.25, 0.3) is 6.08 Å². The number of nitrogens with one attached hydrogen (secondary N) is 1. The number of ether oxygens (including phenoxy) is 1. The lowest BCUT2D eigenvalue weighted by Gasteiger charge is -2.27. The minimum Gasteiger partial charge on any atom is -0.493 e. The van der Waals surface area contributed by atoms with E-state index in [1.807, 2.05) is 13.0 Å². The molecule has 1 fully saturated rings. The Balaban J connectivity index is 2.46. The molecule has 1 aromatic carbocycles. The Morgan fingerprint density at radius 2 is 2.17 bits per heavy atom. The van der Waals surface area contributed by atoms with Crippen molar-refractivity contribution in [3.8, 4) is 5.75 Å². The van der Waals surface area contributed by atoms with E-state index in [1.165, 1.54) is 11.0 Å². The molecular weight excluding hydrogens is 380 g/mol. The number of halogens is 1. The fourth-order valence-electron chi connectivity index (χ4n) is 2.06. The highest BCUT2D eigenvalue weighted by Crippen LogP contribution is 2.26. The van der Waals surface area contributed by atoms with Crippen molar-refractivity contribution in [2.45, 2.75) is 6.92 Å². The molecule has 0 aliphatic carbocycles. The first-order valence-electron chi connectivity index (χ1n) is 6.90. The predicted molar refractivity (Wildman–Crippen MR) is 95.9 cm³/mol. The van der Waals surface area contributed by atoms with Crippen LogP contribution >= 0.6 is 28.1 Å². The van der Waals surface area contributed by atoms with Gasteiger partial charge in [-0.25, -0.2) is 0 Å². The van der Waals surface area contributed by atoms with Crippen molar-refractivity contribution >= 4 is 51.2 Å².